The molecule has 0 aliphatic heterocycles. The van der Waals surface area contributed by atoms with Gasteiger partial charge in [0.15, 0.2) is 0 Å². The Morgan fingerprint density at radius 1 is 1.17 bits per heavy atom. The number of aryl methyl sites for hydroxylation is 1. The highest BCUT2D eigenvalue weighted by atomic mass is 35.5. The van der Waals surface area contributed by atoms with Gasteiger partial charge in [0.25, 0.3) is 0 Å². The first kappa shape index (κ1) is 13.1. The zero-order chi connectivity index (χ0) is 13.1. The van der Waals surface area contributed by atoms with Gasteiger partial charge in [-0.3, -0.25) is 4.21 Å². The van der Waals surface area contributed by atoms with Crippen molar-refractivity contribution in [3.8, 4) is 0 Å². The second kappa shape index (κ2) is 5.55. The van der Waals surface area contributed by atoms with Gasteiger partial charge < -0.3 is 5.73 Å². The van der Waals surface area contributed by atoms with Gasteiger partial charge in [0, 0.05) is 5.69 Å². The van der Waals surface area contributed by atoms with E-state index in [9.17, 15) is 4.21 Å². The van der Waals surface area contributed by atoms with Crippen molar-refractivity contribution in [2.24, 2.45) is 0 Å². The van der Waals surface area contributed by atoms with E-state index in [0.29, 0.717) is 21.4 Å². The van der Waals surface area contributed by atoms with Crippen molar-refractivity contribution < 1.29 is 4.21 Å². The molecule has 0 saturated heterocycles. The highest BCUT2D eigenvalue weighted by molar-refractivity contribution is 7.84. The number of halogens is 1. The summed E-state index contributed by atoms with van der Waals surface area (Å²) in [6.07, 6.45) is 0. The van der Waals surface area contributed by atoms with Gasteiger partial charge in [0.05, 0.1) is 26.5 Å². The van der Waals surface area contributed by atoms with Gasteiger partial charge in [0.2, 0.25) is 0 Å². The van der Waals surface area contributed by atoms with E-state index in [2.05, 4.69) is 0 Å². The lowest BCUT2D eigenvalue weighted by Gasteiger charge is -2.08. The molecule has 0 heterocycles. The molecule has 0 aliphatic carbocycles. The molecule has 94 valence electrons. The van der Waals surface area contributed by atoms with Gasteiger partial charge in [0.1, 0.15) is 0 Å². The summed E-state index contributed by atoms with van der Waals surface area (Å²) in [6.45, 7) is 2.02. The van der Waals surface area contributed by atoms with E-state index >= 15 is 0 Å². The third kappa shape index (κ3) is 2.92. The van der Waals surface area contributed by atoms with Crippen LogP contribution < -0.4 is 5.73 Å². The summed E-state index contributed by atoms with van der Waals surface area (Å²) in [5.74, 6) is 0.425. The lowest BCUT2D eigenvalue weighted by Crippen LogP contribution is -2.01. The van der Waals surface area contributed by atoms with Crippen molar-refractivity contribution in [1.82, 2.24) is 0 Å². The SMILES string of the molecule is Cc1ccc(CS(=O)c2c(N)cccc2Cl)cc1. The molecule has 0 aromatic heterocycles. The first-order chi connectivity index (χ1) is 8.58. The van der Waals surface area contributed by atoms with Crippen molar-refractivity contribution >= 4 is 28.1 Å². The molecule has 0 radical (unpaired) electrons. The molecule has 4 heteroatoms. The van der Waals surface area contributed by atoms with Gasteiger partial charge in [-0.1, -0.05) is 47.5 Å². The van der Waals surface area contributed by atoms with Crippen LogP contribution >= 0.6 is 11.6 Å². The maximum Gasteiger partial charge on any atom is 0.0806 e. The number of anilines is 1. The van der Waals surface area contributed by atoms with Crippen molar-refractivity contribution in [3.63, 3.8) is 0 Å². The third-order valence-electron chi connectivity index (χ3n) is 2.64. The fourth-order valence-electron chi connectivity index (χ4n) is 1.67. The second-order valence-electron chi connectivity index (χ2n) is 4.13. The largest absolute Gasteiger partial charge is 0.398 e. The van der Waals surface area contributed by atoms with Gasteiger partial charge >= 0.3 is 0 Å². The molecule has 1 unspecified atom stereocenters. The van der Waals surface area contributed by atoms with E-state index in [1.165, 1.54) is 5.56 Å². The molecule has 0 bridgehead atoms. The number of hydrogen-bond donors (Lipinski definition) is 1. The van der Waals surface area contributed by atoms with Gasteiger partial charge in [-0.15, -0.1) is 0 Å². The minimum Gasteiger partial charge on any atom is -0.398 e. The van der Waals surface area contributed by atoms with Crippen LogP contribution in [0.3, 0.4) is 0 Å². The second-order valence-corrected chi connectivity index (χ2v) is 5.93. The minimum absolute atomic E-state index is 0.425. The summed E-state index contributed by atoms with van der Waals surface area (Å²) in [7, 11) is -1.22. The predicted octanol–water partition coefficient (Wildman–Crippen LogP) is 3.54. The molecule has 1 atom stereocenters. The summed E-state index contributed by atoms with van der Waals surface area (Å²) < 4.78 is 12.3. The van der Waals surface area contributed by atoms with Crippen molar-refractivity contribution in [3.05, 3.63) is 58.6 Å². The zero-order valence-electron chi connectivity index (χ0n) is 10.0. The lowest BCUT2D eigenvalue weighted by molar-refractivity contribution is 0.683. The minimum atomic E-state index is -1.22. The Kier molecular flexibility index (Phi) is 4.04. The maximum atomic E-state index is 12.3. The molecule has 18 heavy (non-hydrogen) atoms. The fraction of sp³-hybridized carbons (Fsp3) is 0.143. The quantitative estimate of drug-likeness (QED) is 0.874. The molecule has 0 spiro atoms. The molecule has 0 saturated carbocycles. The van der Waals surface area contributed by atoms with Crippen LogP contribution in [0.5, 0.6) is 0 Å². The van der Waals surface area contributed by atoms with Crippen LogP contribution in [-0.4, -0.2) is 4.21 Å². The van der Waals surface area contributed by atoms with Crippen LogP contribution in [-0.2, 0) is 16.6 Å². The van der Waals surface area contributed by atoms with Gasteiger partial charge in [-0.25, -0.2) is 0 Å². The topological polar surface area (TPSA) is 43.1 Å². The molecule has 2 N–H and O–H groups in total. The standard InChI is InChI=1S/C14H14ClNOS/c1-10-5-7-11(8-6-10)9-18(17)14-12(15)3-2-4-13(14)16/h2-8H,9,16H2,1H3. The predicted molar refractivity (Wildman–Crippen MR) is 77.2 cm³/mol. The Morgan fingerprint density at radius 3 is 2.44 bits per heavy atom. The first-order valence-electron chi connectivity index (χ1n) is 5.56. The Bertz CT molecular complexity index is 561. The average Bonchev–Trinajstić information content (AvgIpc) is 2.32. The number of benzene rings is 2. The molecule has 2 rings (SSSR count). The summed E-state index contributed by atoms with van der Waals surface area (Å²) in [6, 6.07) is 13.1. The molecule has 0 aliphatic rings. The van der Waals surface area contributed by atoms with E-state index in [4.69, 9.17) is 17.3 Å². The Labute approximate surface area is 114 Å². The molecule has 0 amide bonds. The molecular weight excluding hydrogens is 266 g/mol. The Balaban J connectivity index is 2.25. The average molecular weight is 280 g/mol. The summed E-state index contributed by atoms with van der Waals surface area (Å²) in [4.78, 5) is 0.528. The number of nitrogen functional groups attached to an aromatic ring is 1. The lowest BCUT2D eigenvalue weighted by atomic mass is 10.2. The normalized spacial score (nSPS) is 12.3. The van der Waals surface area contributed by atoms with Gasteiger partial charge in [-0.05, 0) is 24.6 Å². The highest BCUT2D eigenvalue weighted by Gasteiger charge is 2.12. The Morgan fingerprint density at radius 2 is 1.83 bits per heavy atom. The third-order valence-corrected chi connectivity index (χ3v) is 4.58. The van der Waals surface area contributed by atoms with E-state index in [1.807, 2.05) is 31.2 Å². The Hall–Kier alpha value is -1.32. The molecule has 0 fully saturated rings. The number of rotatable bonds is 3. The molecule has 2 nitrogen and oxygen atoms in total. The number of hydrogen-bond acceptors (Lipinski definition) is 2. The van der Waals surface area contributed by atoms with Crippen LogP contribution in [0.1, 0.15) is 11.1 Å². The van der Waals surface area contributed by atoms with Crippen LogP contribution in [0, 0.1) is 6.92 Å². The summed E-state index contributed by atoms with van der Waals surface area (Å²) in [5.41, 5.74) is 8.50. The van der Waals surface area contributed by atoms with E-state index in [0.717, 1.165) is 5.56 Å². The monoisotopic (exact) mass is 279 g/mol. The molecule has 2 aromatic carbocycles. The van der Waals surface area contributed by atoms with Crippen LogP contribution in [0.2, 0.25) is 5.02 Å². The van der Waals surface area contributed by atoms with Gasteiger partial charge in [-0.2, -0.15) is 0 Å². The maximum absolute atomic E-state index is 12.3. The summed E-state index contributed by atoms with van der Waals surface area (Å²) >= 11 is 6.04. The van der Waals surface area contributed by atoms with Crippen molar-refractivity contribution in [2.75, 3.05) is 5.73 Å². The highest BCUT2D eigenvalue weighted by Crippen LogP contribution is 2.27. The van der Waals surface area contributed by atoms with Crippen LogP contribution in [0.15, 0.2) is 47.4 Å². The summed E-state index contributed by atoms with van der Waals surface area (Å²) in [5, 5.41) is 0.459. The van der Waals surface area contributed by atoms with E-state index in [1.54, 1.807) is 18.2 Å². The van der Waals surface area contributed by atoms with E-state index < -0.39 is 10.8 Å². The van der Waals surface area contributed by atoms with Crippen LogP contribution in [0.25, 0.3) is 0 Å². The smallest absolute Gasteiger partial charge is 0.0806 e. The molecular formula is C14H14ClNOS. The number of nitrogens with two attached hydrogens (primary N) is 1. The van der Waals surface area contributed by atoms with Crippen molar-refractivity contribution in [2.45, 2.75) is 17.6 Å². The van der Waals surface area contributed by atoms with Crippen molar-refractivity contribution in [1.29, 1.82) is 0 Å². The zero-order valence-corrected chi connectivity index (χ0v) is 11.6. The molecule has 2 aromatic rings. The van der Waals surface area contributed by atoms with Crippen LogP contribution in [0.4, 0.5) is 5.69 Å². The fourth-order valence-corrected chi connectivity index (χ4v) is 3.37. The first-order valence-corrected chi connectivity index (χ1v) is 7.25. The van der Waals surface area contributed by atoms with E-state index in [-0.39, 0.29) is 0 Å².